The minimum absolute atomic E-state index is 0.206. The molecule has 108 valence electrons. The number of fused-ring (bicyclic) bond motifs is 1. The Hall–Kier alpha value is -2.48. The number of nitrogens with one attached hydrogen (secondary N) is 1. The van der Waals surface area contributed by atoms with E-state index >= 15 is 0 Å². The van der Waals surface area contributed by atoms with Gasteiger partial charge in [-0.3, -0.25) is 9.59 Å². The third-order valence-electron chi connectivity index (χ3n) is 3.08. The van der Waals surface area contributed by atoms with Crippen molar-refractivity contribution in [3.05, 3.63) is 45.5 Å². The quantitative estimate of drug-likeness (QED) is 0.782. The summed E-state index contributed by atoms with van der Waals surface area (Å²) in [5, 5.41) is 7.30. The molecular formula is C13H12N4O3S. The lowest BCUT2D eigenvalue weighted by atomic mass is 10.3. The van der Waals surface area contributed by atoms with Gasteiger partial charge in [-0.2, -0.15) is 0 Å². The average molecular weight is 304 g/mol. The fraction of sp³-hybridized carbons (Fsp3) is 0.231. The maximum absolute atomic E-state index is 12.1. The highest BCUT2D eigenvalue weighted by molar-refractivity contribution is 7.07. The summed E-state index contributed by atoms with van der Waals surface area (Å²) < 4.78 is 10.4. The molecule has 0 aromatic carbocycles. The first-order valence-corrected chi connectivity index (χ1v) is 7.08. The van der Waals surface area contributed by atoms with Crippen LogP contribution in [0.2, 0.25) is 0 Å². The summed E-state index contributed by atoms with van der Waals surface area (Å²) in [6.45, 7) is 2.43. The van der Waals surface area contributed by atoms with Crippen LogP contribution >= 0.6 is 11.5 Å². The van der Waals surface area contributed by atoms with Gasteiger partial charge >= 0.3 is 0 Å². The predicted molar refractivity (Wildman–Crippen MR) is 77.5 cm³/mol. The van der Waals surface area contributed by atoms with Crippen LogP contribution in [0.15, 0.2) is 33.8 Å². The van der Waals surface area contributed by atoms with E-state index in [0.29, 0.717) is 29.2 Å². The molecule has 3 aromatic heterocycles. The average Bonchev–Trinajstić information content (AvgIpc) is 3.10. The van der Waals surface area contributed by atoms with E-state index in [1.165, 1.54) is 10.8 Å². The number of carbonyl (C=O) groups excluding carboxylic acids is 1. The Morgan fingerprint density at radius 1 is 1.48 bits per heavy atom. The van der Waals surface area contributed by atoms with Crippen molar-refractivity contribution in [3.63, 3.8) is 0 Å². The van der Waals surface area contributed by atoms with Crippen LogP contribution in [0.1, 0.15) is 15.4 Å². The standard InChI is InChI=1S/C13H12N4O3S/c1-8-11(21-16-15-8)12(18)14-4-6-17-5-2-9-3-7-20-10(9)13(17)19/h2-3,5,7H,4,6H2,1H3,(H,14,18). The fourth-order valence-corrected chi connectivity index (χ4v) is 2.55. The second kappa shape index (κ2) is 5.49. The molecule has 0 spiro atoms. The lowest BCUT2D eigenvalue weighted by molar-refractivity contribution is 0.0955. The molecule has 0 bridgehead atoms. The topological polar surface area (TPSA) is 90.0 Å². The van der Waals surface area contributed by atoms with Gasteiger partial charge in [-0.25, -0.2) is 0 Å². The molecule has 1 amide bonds. The van der Waals surface area contributed by atoms with E-state index in [4.69, 9.17) is 4.42 Å². The van der Waals surface area contributed by atoms with Crippen LogP contribution in [0.3, 0.4) is 0 Å². The largest absolute Gasteiger partial charge is 0.459 e. The molecule has 3 rings (SSSR count). The number of rotatable bonds is 4. The molecule has 0 saturated heterocycles. The number of hydrogen-bond acceptors (Lipinski definition) is 6. The van der Waals surface area contributed by atoms with Gasteiger partial charge in [0, 0.05) is 24.7 Å². The van der Waals surface area contributed by atoms with Crippen molar-refractivity contribution in [2.75, 3.05) is 6.54 Å². The molecule has 0 aliphatic heterocycles. The summed E-state index contributed by atoms with van der Waals surface area (Å²) in [6, 6.07) is 3.54. The first-order valence-electron chi connectivity index (χ1n) is 6.30. The zero-order chi connectivity index (χ0) is 14.8. The fourth-order valence-electron chi connectivity index (χ4n) is 1.98. The highest BCUT2D eigenvalue weighted by Crippen LogP contribution is 2.10. The van der Waals surface area contributed by atoms with Crippen LogP contribution < -0.4 is 10.9 Å². The third-order valence-corrected chi connectivity index (χ3v) is 3.91. The molecule has 1 N–H and O–H groups in total. The molecule has 0 unspecified atom stereocenters. The van der Waals surface area contributed by atoms with Gasteiger partial charge in [-0.15, -0.1) is 5.10 Å². The van der Waals surface area contributed by atoms with E-state index in [-0.39, 0.29) is 11.5 Å². The van der Waals surface area contributed by atoms with Gasteiger partial charge in [0.05, 0.1) is 12.0 Å². The highest BCUT2D eigenvalue weighted by atomic mass is 32.1. The Bertz CT molecular complexity index is 848. The minimum Gasteiger partial charge on any atom is -0.459 e. The molecule has 21 heavy (non-hydrogen) atoms. The number of furan rings is 1. The number of carbonyl (C=O) groups is 1. The van der Waals surface area contributed by atoms with E-state index in [2.05, 4.69) is 14.9 Å². The van der Waals surface area contributed by atoms with Crippen molar-refractivity contribution in [2.45, 2.75) is 13.5 Å². The number of hydrogen-bond donors (Lipinski definition) is 1. The summed E-state index contributed by atoms with van der Waals surface area (Å²) >= 11 is 1.05. The van der Waals surface area contributed by atoms with Crippen molar-refractivity contribution in [3.8, 4) is 0 Å². The molecule has 8 heteroatoms. The van der Waals surface area contributed by atoms with Gasteiger partial charge in [-0.05, 0) is 30.6 Å². The van der Waals surface area contributed by atoms with Crippen LogP contribution in [-0.2, 0) is 6.54 Å². The van der Waals surface area contributed by atoms with Crippen molar-refractivity contribution in [2.24, 2.45) is 0 Å². The summed E-state index contributed by atoms with van der Waals surface area (Å²) in [5.74, 6) is -0.227. The molecule has 0 fully saturated rings. The Morgan fingerprint density at radius 3 is 3.10 bits per heavy atom. The van der Waals surface area contributed by atoms with Gasteiger partial charge in [0.2, 0.25) is 0 Å². The number of aromatic nitrogens is 3. The zero-order valence-corrected chi connectivity index (χ0v) is 12.0. The number of pyridine rings is 1. The van der Waals surface area contributed by atoms with Crippen LogP contribution in [0.4, 0.5) is 0 Å². The van der Waals surface area contributed by atoms with E-state index in [9.17, 15) is 9.59 Å². The van der Waals surface area contributed by atoms with Crippen LogP contribution in [0.25, 0.3) is 11.0 Å². The third kappa shape index (κ3) is 2.57. The smallest absolute Gasteiger partial charge is 0.294 e. The van der Waals surface area contributed by atoms with Crippen molar-refractivity contribution < 1.29 is 9.21 Å². The number of aryl methyl sites for hydroxylation is 1. The Kier molecular flexibility index (Phi) is 3.53. The van der Waals surface area contributed by atoms with Gasteiger partial charge in [0.15, 0.2) is 5.58 Å². The SMILES string of the molecule is Cc1nnsc1C(=O)NCCn1ccc2ccoc2c1=O. The molecule has 0 saturated carbocycles. The summed E-state index contributed by atoms with van der Waals surface area (Å²) in [7, 11) is 0. The molecule has 3 heterocycles. The van der Waals surface area contributed by atoms with E-state index in [1.54, 1.807) is 25.3 Å². The first kappa shape index (κ1) is 13.5. The van der Waals surface area contributed by atoms with Gasteiger partial charge in [0.1, 0.15) is 4.88 Å². The Labute approximate surface area is 123 Å². The Morgan fingerprint density at radius 2 is 2.33 bits per heavy atom. The van der Waals surface area contributed by atoms with Crippen LogP contribution in [0.5, 0.6) is 0 Å². The maximum Gasteiger partial charge on any atom is 0.294 e. The summed E-state index contributed by atoms with van der Waals surface area (Å²) in [4.78, 5) is 24.5. The second-order valence-corrected chi connectivity index (χ2v) is 5.22. The maximum atomic E-state index is 12.1. The molecular weight excluding hydrogens is 292 g/mol. The van der Waals surface area contributed by atoms with Crippen molar-refractivity contribution in [1.29, 1.82) is 0 Å². The van der Waals surface area contributed by atoms with Crippen LogP contribution in [-0.4, -0.2) is 26.6 Å². The molecule has 3 aromatic rings. The normalized spacial score (nSPS) is 10.9. The zero-order valence-electron chi connectivity index (χ0n) is 11.2. The van der Waals surface area contributed by atoms with E-state index in [0.717, 1.165) is 16.9 Å². The minimum atomic E-state index is -0.227. The first-order chi connectivity index (χ1) is 10.2. The van der Waals surface area contributed by atoms with Gasteiger partial charge in [0.25, 0.3) is 11.5 Å². The lowest BCUT2D eigenvalue weighted by Gasteiger charge is -2.06. The predicted octanol–water partition coefficient (Wildman–Crippen LogP) is 1.18. The van der Waals surface area contributed by atoms with Crippen LogP contribution in [0, 0.1) is 6.92 Å². The summed E-state index contributed by atoms with van der Waals surface area (Å²) in [6.07, 6.45) is 3.17. The van der Waals surface area contributed by atoms with Gasteiger partial charge < -0.3 is 14.3 Å². The molecule has 0 atom stereocenters. The molecule has 0 radical (unpaired) electrons. The lowest BCUT2D eigenvalue weighted by Crippen LogP contribution is -2.30. The molecule has 0 aliphatic carbocycles. The molecule has 0 aliphatic rings. The number of amides is 1. The van der Waals surface area contributed by atoms with Crippen molar-refractivity contribution >= 4 is 28.4 Å². The van der Waals surface area contributed by atoms with Gasteiger partial charge in [-0.1, -0.05) is 4.49 Å². The second-order valence-electron chi connectivity index (χ2n) is 4.46. The van der Waals surface area contributed by atoms with E-state index < -0.39 is 0 Å². The molecule has 7 nitrogen and oxygen atoms in total. The monoisotopic (exact) mass is 304 g/mol. The highest BCUT2D eigenvalue weighted by Gasteiger charge is 2.12. The summed E-state index contributed by atoms with van der Waals surface area (Å²) in [5.41, 5.74) is 0.723. The van der Waals surface area contributed by atoms with Crippen molar-refractivity contribution in [1.82, 2.24) is 19.5 Å². The Balaban J connectivity index is 1.67. The van der Waals surface area contributed by atoms with E-state index in [1.807, 2.05) is 0 Å². The number of nitrogens with zero attached hydrogens (tertiary/aromatic N) is 3.